The first-order valence-corrected chi connectivity index (χ1v) is 11.1. The lowest BCUT2D eigenvalue weighted by atomic mass is 10.0. The number of nitrogens with zero attached hydrogens (tertiary/aromatic N) is 3. The number of benzene rings is 2. The molecule has 3 rings (SSSR count). The van der Waals surface area contributed by atoms with Crippen molar-refractivity contribution >= 4 is 34.3 Å². The number of nitrogens with one attached hydrogen (secondary N) is 2. The van der Waals surface area contributed by atoms with Crippen LogP contribution in [-0.4, -0.2) is 34.5 Å². The summed E-state index contributed by atoms with van der Waals surface area (Å²) in [5.41, 5.74) is 2.83. The third kappa shape index (κ3) is 6.84. The summed E-state index contributed by atoms with van der Waals surface area (Å²) in [7, 11) is 0. The van der Waals surface area contributed by atoms with Crippen LogP contribution >= 0.6 is 23.1 Å². The number of hydrogen-bond acceptors (Lipinski definition) is 7. The van der Waals surface area contributed by atoms with Crippen molar-refractivity contribution in [3.05, 3.63) is 71.3 Å². The van der Waals surface area contributed by atoms with Gasteiger partial charge in [-0.2, -0.15) is 5.26 Å². The third-order valence-corrected chi connectivity index (χ3v) is 6.29. The molecule has 9 heteroatoms. The quantitative estimate of drug-likeness (QED) is 0.346. The molecule has 0 radical (unpaired) electrons. The molecule has 0 spiro atoms. The molecular formula is C21H21N5O2S2. The molecule has 2 amide bonds. The highest BCUT2D eigenvalue weighted by Crippen LogP contribution is 2.28. The van der Waals surface area contributed by atoms with Gasteiger partial charge in [-0.15, -0.1) is 10.2 Å². The van der Waals surface area contributed by atoms with Crippen molar-refractivity contribution < 1.29 is 9.90 Å². The van der Waals surface area contributed by atoms with E-state index in [0.717, 1.165) is 15.5 Å². The number of hydrogen-bond donors (Lipinski definition) is 3. The Morgan fingerprint density at radius 3 is 2.60 bits per heavy atom. The Kier molecular flexibility index (Phi) is 8.20. The third-order valence-electron chi connectivity index (χ3n) is 4.25. The molecule has 7 nitrogen and oxygen atoms in total. The van der Waals surface area contributed by atoms with E-state index < -0.39 is 0 Å². The zero-order valence-corrected chi connectivity index (χ0v) is 17.7. The van der Waals surface area contributed by atoms with Crippen molar-refractivity contribution in [1.29, 1.82) is 5.26 Å². The molecule has 3 aromatic rings. The fraction of sp³-hybridized carbons (Fsp3) is 0.238. The maximum atomic E-state index is 12.1. The predicted molar refractivity (Wildman–Crippen MR) is 118 cm³/mol. The number of anilines is 1. The topological polar surface area (TPSA) is 111 Å². The number of rotatable bonds is 9. The highest BCUT2D eigenvalue weighted by Gasteiger charge is 2.12. The first-order chi connectivity index (χ1) is 14.7. The van der Waals surface area contributed by atoms with Crippen molar-refractivity contribution in [1.82, 2.24) is 15.5 Å². The summed E-state index contributed by atoms with van der Waals surface area (Å²) in [5.74, 6) is 0.635. The SMILES string of the molecule is N#Cc1ccc(CSc2nnc(NC(=O)NCC(CO)Cc3ccccc3)s2)cc1. The van der Waals surface area contributed by atoms with E-state index in [4.69, 9.17) is 5.26 Å². The van der Waals surface area contributed by atoms with Gasteiger partial charge in [-0.05, 0) is 29.7 Å². The van der Waals surface area contributed by atoms with Crippen LogP contribution in [0.3, 0.4) is 0 Å². The van der Waals surface area contributed by atoms with Crippen molar-refractivity contribution in [2.24, 2.45) is 5.92 Å². The molecule has 0 fully saturated rings. The van der Waals surface area contributed by atoms with Gasteiger partial charge in [0, 0.05) is 24.8 Å². The van der Waals surface area contributed by atoms with Gasteiger partial charge in [-0.1, -0.05) is 65.6 Å². The minimum Gasteiger partial charge on any atom is -0.396 e. The Labute approximate surface area is 183 Å². The standard InChI is InChI=1S/C21H21N5O2S2/c22-11-16-6-8-17(9-7-16)14-29-21-26-25-20(30-21)24-19(28)23-12-18(13-27)10-15-4-2-1-3-5-15/h1-9,18,27H,10,12-14H2,(H2,23,24,25,28). The molecule has 0 aliphatic heterocycles. The van der Waals surface area contributed by atoms with Gasteiger partial charge in [0.2, 0.25) is 5.13 Å². The maximum absolute atomic E-state index is 12.1. The molecule has 0 saturated heterocycles. The van der Waals surface area contributed by atoms with Crippen LogP contribution in [0.1, 0.15) is 16.7 Å². The summed E-state index contributed by atoms with van der Waals surface area (Å²) in [5, 5.41) is 32.4. The number of aromatic nitrogens is 2. The fourth-order valence-corrected chi connectivity index (χ4v) is 4.37. The van der Waals surface area contributed by atoms with Crippen LogP contribution in [-0.2, 0) is 12.2 Å². The zero-order valence-electron chi connectivity index (χ0n) is 16.1. The number of thioether (sulfide) groups is 1. The van der Waals surface area contributed by atoms with Crippen LogP contribution in [0.4, 0.5) is 9.93 Å². The lowest BCUT2D eigenvalue weighted by molar-refractivity contribution is 0.218. The maximum Gasteiger partial charge on any atom is 0.321 e. The van der Waals surface area contributed by atoms with Crippen molar-refractivity contribution in [2.45, 2.75) is 16.5 Å². The molecule has 2 aromatic carbocycles. The summed E-state index contributed by atoms with van der Waals surface area (Å²) >= 11 is 2.81. The molecular weight excluding hydrogens is 418 g/mol. The van der Waals surface area contributed by atoms with E-state index in [1.54, 1.807) is 12.1 Å². The van der Waals surface area contributed by atoms with Gasteiger partial charge in [0.15, 0.2) is 4.34 Å². The summed E-state index contributed by atoms with van der Waals surface area (Å²) in [6.45, 7) is 0.348. The van der Waals surface area contributed by atoms with Crippen LogP contribution < -0.4 is 10.6 Å². The number of aliphatic hydroxyl groups is 1. The summed E-state index contributed by atoms with van der Waals surface area (Å²) in [6, 6.07) is 19.0. The van der Waals surface area contributed by atoms with Gasteiger partial charge in [-0.3, -0.25) is 5.32 Å². The molecule has 1 heterocycles. The summed E-state index contributed by atoms with van der Waals surface area (Å²) in [4.78, 5) is 12.1. The normalized spacial score (nSPS) is 11.5. The van der Waals surface area contributed by atoms with Crippen LogP contribution in [0.25, 0.3) is 0 Å². The second kappa shape index (κ2) is 11.3. The molecule has 0 saturated carbocycles. The van der Waals surface area contributed by atoms with Crippen molar-refractivity contribution in [3.8, 4) is 6.07 Å². The average Bonchev–Trinajstić information content (AvgIpc) is 3.23. The van der Waals surface area contributed by atoms with Crippen molar-refractivity contribution in [2.75, 3.05) is 18.5 Å². The lowest BCUT2D eigenvalue weighted by Gasteiger charge is -2.15. The number of carbonyl (C=O) groups is 1. The van der Waals surface area contributed by atoms with Crippen LogP contribution in [0, 0.1) is 17.2 Å². The second-order valence-electron chi connectivity index (χ2n) is 6.54. The van der Waals surface area contributed by atoms with Gasteiger partial charge < -0.3 is 10.4 Å². The molecule has 0 aliphatic carbocycles. The van der Waals surface area contributed by atoms with E-state index in [-0.39, 0.29) is 18.6 Å². The predicted octanol–water partition coefficient (Wildman–Crippen LogP) is 3.67. The van der Waals surface area contributed by atoms with Crippen LogP contribution in [0.5, 0.6) is 0 Å². The molecule has 1 aromatic heterocycles. The van der Waals surface area contributed by atoms with E-state index in [1.807, 2.05) is 42.5 Å². The van der Waals surface area contributed by atoms with Crippen LogP contribution in [0.2, 0.25) is 0 Å². The van der Waals surface area contributed by atoms with Crippen molar-refractivity contribution in [3.63, 3.8) is 0 Å². The van der Waals surface area contributed by atoms with E-state index in [2.05, 4.69) is 26.9 Å². The molecule has 0 aliphatic rings. The monoisotopic (exact) mass is 439 g/mol. The molecule has 154 valence electrons. The van der Waals surface area contributed by atoms with E-state index in [9.17, 15) is 9.90 Å². The zero-order chi connectivity index (χ0) is 21.2. The van der Waals surface area contributed by atoms with Gasteiger partial charge in [0.05, 0.1) is 11.6 Å². The van der Waals surface area contributed by atoms with E-state index in [1.165, 1.54) is 23.1 Å². The van der Waals surface area contributed by atoms with E-state index >= 15 is 0 Å². The summed E-state index contributed by atoms with van der Waals surface area (Å²) in [6.07, 6.45) is 0.687. The number of amides is 2. The Morgan fingerprint density at radius 2 is 1.90 bits per heavy atom. The minimum atomic E-state index is -0.374. The summed E-state index contributed by atoms with van der Waals surface area (Å²) < 4.78 is 0.743. The highest BCUT2D eigenvalue weighted by atomic mass is 32.2. The first kappa shape index (κ1) is 21.8. The number of nitriles is 1. The minimum absolute atomic E-state index is 0.00981. The molecule has 0 bridgehead atoms. The molecule has 1 unspecified atom stereocenters. The Balaban J connectivity index is 1.43. The Bertz CT molecular complexity index is 987. The van der Waals surface area contributed by atoms with E-state index in [0.29, 0.717) is 29.4 Å². The second-order valence-corrected chi connectivity index (χ2v) is 8.74. The van der Waals surface area contributed by atoms with Crippen LogP contribution in [0.15, 0.2) is 58.9 Å². The Morgan fingerprint density at radius 1 is 1.13 bits per heavy atom. The van der Waals surface area contributed by atoms with Gasteiger partial charge in [0.25, 0.3) is 0 Å². The van der Waals surface area contributed by atoms with Gasteiger partial charge in [0.1, 0.15) is 0 Å². The number of aliphatic hydroxyl groups excluding tert-OH is 1. The molecule has 1 atom stereocenters. The molecule has 30 heavy (non-hydrogen) atoms. The molecule has 3 N–H and O–H groups in total. The fourth-order valence-electron chi connectivity index (χ4n) is 2.67. The Hall–Kier alpha value is -2.93. The van der Waals surface area contributed by atoms with Gasteiger partial charge >= 0.3 is 6.03 Å². The largest absolute Gasteiger partial charge is 0.396 e. The average molecular weight is 440 g/mol. The number of carbonyl (C=O) groups excluding carboxylic acids is 1. The highest BCUT2D eigenvalue weighted by molar-refractivity contribution is 8.00. The number of urea groups is 1. The lowest BCUT2D eigenvalue weighted by Crippen LogP contribution is -2.34. The smallest absolute Gasteiger partial charge is 0.321 e. The first-order valence-electron chi connectivity index (χ1n) is 9.31. The van der Waals surface area contributed by atoms with Gasteiger partial charge in [-0.25, -0.2) is 4.79 Å².